The van der Waals surface area contributed by atoms with E-state index in [0.29, 0.717) is 17.9 Å². The molecule has 1 heterocycles. The van der Waals surface area contributed by atoms with Crippen molar-refractivity contribution in [2.24, 2.45) is 0 Å². The molecule has 0 saturated heterocycles. The monoisotopic (exact) mass is 249 g/mol. The van der Waals surface area contributed by atoms with Gasteiger partial charge in [0.25, 0.3) is 0 Å². The molecule has 6 heteroatoms. The number of rotatable bonds is 5. The van der Waals surface area contributed by atoms with E-state index in [0.717, 1.165) is 0 Å². The van der Waals surface area contributed by atoms with Gasteiger partial charge in [-0.05, 0) is 18.2 Å². The average molecular weight is 249 g/mol. The zero-order chi connectivity index (χ0) is 12.8. The molecule has 1 aromatic heterocycles. The van der Waals surface area contributed by atoms with Crippen molar-refractivity contribution in [1.29, 1.82) is 0 Å². The molecule has 0 saturated carbocycles. The van der Waals surface area contributed by atoms with Gasteiger partial charge >= 0.3 is 0 Å². The van der Waals surface area contributed by atoms with Gasteiger partial charge < -0.3 is 15.2 Å². The molecule has 5 nitrogen and oxygen atoms in total. The molecule has 94 valence electrons. The van der Waals surface area contributed by atoms with Crippen molar-refractivity contribution >= 4 is 11.6 Å². The van der Waals surface area contributed by atoms with Crippen LogP contribution >= 0.6 is 0 Å². The summed E-state index contributed by atoms with van der Waals surface area (Å²) in [6.45, 7) is 0.552. The molecule has 0 aliphatic heterocycles. The summed E-state index contributed by atoms with van der Waals surface area (Å²) in [5.41, 5.74) is 1.15. The van der Waals surface area contributed by atoms with Gasteiger partial charge in [-0.15, -0.1) is 0 Å². The SMILES string of the molecule is O=C(CNCc1ccon1)Nc1cccc(F)c1. The molecule has 18 heavy (non-hydrogen) atoms. The molecular weight excluding hydrogens is 237 g/mol. The lowest BCUT2D eigenvalue weighted by atomic mass is 10.3. The van der Waals surface area contributed by atoms with Crippen LogP contribution in [0.3, 0.4) is 0 Å². The molecule has 0 aliphatic rings. The number of nitrogens with one attached hydrogen (secondary N) is 2. The van der Waals surface area contributed by atoms with Crippen LogP contribution in [0.1, 0.15) is 5.69 Å². The third kappa shape index (κ3) is 3.67. The van der Waals surface area contributed by atoms with Gasteiger partial charge in [-0.25, -0.2) is 4.39 Å². The fourth-order valence-electron chi connectivity index (χ4n) is 1.40. The van der Waals surface area contributed by atoms with Crippen LogP contribution in [-0.4, -0.2) is 17.6 Å². The summed E-state index contributed by atoms with van der Waals surface area (Å²) in [7, 11) is 0. The van der Waals surface area contributed by atoms with E-state index in [1.165, 1.54) is 24.5 Å². The van der Waals surface area contributed by atoms with Gasteiger partial charge in [-0.3, -0.25) is 4.79 Å². The summed E-state index contributed by atoms with van der Waals surface area (Å²) < 4.78 is 17.5. The molecular formula is C12H12FN3O2. The minimum absolute atomic E-state index is 0.114. The molecule has 2 rings (SSSR count). The van der Waals surface area contributed by atoms with Crippen molar-refractivity contribution in [3.8, 4) is 0 Å². The number of carbonyl (C=O) groups is 1. The van der Waals surface area contributed by atoms with Crippen molar-refractivity contribution in [3.05, 3.63) is 48.1 Å². The Hall–Kier alpha value is -2.21. The molecule has 0 spiro atoms. The van der Waals surface area contributed by atoms with Crippen LogP contribution in [0.5, 0.6) is 0 Å². The predicted octanol–water partition coefficient (Wildman–Crippen LogP) is 1.54. The third-order valence-electron chi connectivity index (χ3n) is 2.19. The summed E-state index contributed by atoms with van der Waals surface area (Å²) in [6.07, 6.45) is 1.46. The first kappa shape index (κ1) is 12.3. The number of amides is 1. The van der Waals surface area contributed by atoms with Crippen LogP contribution in [0.25, 0.3) is 0 Å². The average Bonchev–Trinajstić information content (AvgIpc) is 2.82. The highest BCUT2D eigenvalue weighted by Gasteiger charge is 2.03. The lowest BCUT2D eigenvalue weighted by molar-refractivity contribution is -0.115. The number of nitrogens with zero attached hydrogens (tertiary/aromatic N) is 1. The summed E-state index contributed by atoms with van der Waals surface area (Å²) in [5.74, 6) is -0.632. The predicted molar refractivity (Wildman–Crippen MR) is 63.2 cm³/mol. The van der Waals surface area contributed by atoms with E-state index < -0.39 is 0 Å². The maximum absolute atomic E-state index is 12.9. The fraction of sp³-hybridized carbons (Fsp3) is 0.167. The second kappa shape index (κ2) is 5.92. The van der Waals surface area contributed by atoms with Crippen LogP contribution in [0, 0.1) is 5.82 Å². The van der Waals surface area contributed by atoms with Gasteiger partial charge in [-0.2, -0.15) is 0 Å². The summed E-state index contributed by atoms with van der Waals surface area (Å²) >= 11 is 0. The standard InChI is InChI=1S/C12H12FN3O2/c13-9-2-1-3-10(6-9)15-12(17)8-14-7-11-4-5-18-16-11/h1-6,14H,7-8H2,(H,15,17). The van der Waals surface area contributed by atoms with Gasteiger partial charge in [0.05, 0.1) is 12.2 Å². The first-order valence-electron chi connectivity index (χ1n) is 5.39. The smallest absolute Gasteiger partial charge is 0.238 e. The molecule has 0 fully saturated rings. The lowest BCUT2D eigenvalue weighted by Gasteiger charge is -2.05. The fourth-order valence-corrected chi connectivity index (χ4v) is 1.40. The van der Waals surface area contributed by atoms with E-state index in [-0.39, 0.29) is 18.3 Å². The minimum atomic E-state index is -0.386. The second-order valence-corrected chi connectivity index (χ2v) is 3.65. The van der Waals surface area contributed by atoms with Gasteiger partial charge in [0.15, 0.2) is 0 Å². The maximum atomic E-state index is 12.9. The Bertz CT molecular complexity index is 514. The van der Waals surface area contributed by atoms with Crippen LogP contribution in [0.4, 0.5) is 10.1 Å². The van der Waals surface area contributed by atoms with Gasteiger partial charge in [0, 0.05) is 18.3 Å². The highest BCUT2D eigenvalue weighted by Crippen LogP contribution is 2.08. The maximum Gasteiger partial charge on any atom is 0.238 e. The van der Waals surface area contributed by atoms with Crippen molar-refractivity contribution in [2.45, 2.75) is 6.54 Å². The Labute approximate surface area is 103 Å². The van der Waals surface area contributed by atoms with Crippen LogP contribution in [0.15, 0.2) is 41.1 Å². The van der Waals surface area contributed by atoms with E-state index in [1.54, 1.807) is 12.1 Å². The zero-order valence-electron chi connectivity index (χ0n) is 9.52. The molecule has 2 N–H and O–H groups in total. The first-order chi connectivity index (χ1) is 8.74. The van der Waals surface area contributed by atoms with E-state index in [1.807, 2.05) is 0 Å². The Balaban J connectivity index is 1.75. The Morgan fingerprint density at radius 2 is 2.28 bits per heavy atom. The Kier molecular flexibility index (Phi) is 4.03. The second-order valence-electron chi connectivity index (χ2n) is 3.65. The number of anilines is 1. The highest BCUT2D eigenvalue weighted by molar-refractivity contribution is 5.92. The lowest BCUT2D eigenvalue weighted by Crippen LogP contribution is -2.27. The van der Waals surface area contributed by atoms with Gasteiger partial charge in [0.1, 0.15) is 12.1 Å². The van der Waals surface area contributed by atoms with Crippen LogP contribution in [0.2, 0.25) is 0 Å². The Morgan fingerprint density at radius 1 is 1.39 bits per heavy atom. The first-order valence-corrected chi connectivity index (χ1v) is 5.39. The summed E-state index contributed by atoms with van der Waals surface area (Å²) in [6, 6.07) is 7.44. The zero-order valence-corrected chi connectivity index (χ0v) is 9.52. The molecule has 0 radical (unpaired) electrons. The topological polar surface area (TPSA) is 67.2 Å². The molecule has 0 bridgehead atoms. The number of hydrogen-bond donors (Lipinski definition) is 2. The number of carbonyl (C=O) groups excluding carboxylic acids is 1. The summed E-state index contributed by atoms with van der Waals surface area (Å²) in [4.78, 5) is 11.5. The highest BCUT2D eigenvalue weighted by atomic mass is 19.1. The number of benzene rings is 1. The van der Waals surface area contributed by atoms with E-state index >= 15 is 0 Å². The third-order valence-corrected chi connectivity index (χ3v) is 2.19. The van der Waals surface area contributed by atoms with E-state index in [2.05, 4.69) is 20.3 Å². The molecule has 0 aliphatic carbocycles. The van der Waals surface area contributed by atoms with Crippen LogP contribution < -0.4 is 10.6 Å². The number of hydrogen-bond acceptors (Lipinski definition) is 4. The van der Waals surface area contributed by atoms with Gasteiger partial charge in [0.2, 0.25) is 5.91 Å². The number of halogens is 1. The number of aromatic nitrogens is 1. The Morgan fingerprint density at radius 3 is 3.00 bits per heavy atom. The molecule has 0 unspecified atom stereocenters. The van der Waals surface area contributed by atoms with Crippen molar-refractivity contribution in [1.82, 2.24) is 10.5 Å². The summed E-state index contributed by atoms with van der Waals surface area (Å²) in [5, 5.41) is 9.16. The van der Waals surface area contributed by atoms with Crippen LogP contribution in [-0.2, 0) is 11.3 Å². The normalized spacial score (nSPS) is 10.3. The quantitative estimate of drug-likeness (QED) is 0.843. The molecule has 1 amide bonds. The molecule has 0 atom stereocenters. The van der Waals surface area contributed by atoms with E-state index in [4.69, 9.17) is 0 Å². The molecule has 2 aromatic rings. The minimum Gasteiger partial charge on any atom is -0.364 e. The van der Waals surface area contributed by atoms with Crippen molar-refractivity contribution in [2.75, 3.05) is 11.9 Å². The largest absolute Gasteiger partial charge is 0.364 e. The van der Waals surface area contributed by atoms with Crippen molar-refractivity contribution < 1.29 is 13.7 Å². The molecule has 1 aromatic carbocycles. The van der Waals surface area contributed by atoms with Gasteiger partial charge in [-0.1, -0.05) is 11.2 Å². The van der Waals surface area contributed by atoms with Crippen molar-refractivity contribution in [3.63, 3.8) is 0 Å². The van der Waals surface area contributed by atoms with E-state index in [9.17, 15) is 9.18 Å².